The molecule has 0 atom stereocenters. The van der Waals surface area contributed by atoms with Crippen molar-refractivity contribution in [3.8, 4) is 16.8 Å². The number of nitrogens with zero attached hydrogens (tertiary/aromatic N) is 3. The first-order valence-corrected chi connectivity index (χ1v) is 21.9. The van der Waals surface area contributed by atoms with Crippen LogP contribution in [-0.4, -0.2) is 15.9 Å². The van der Waals surface area contributed by atoms with Crippen LogP contribution >= 0.6 is 0 Å². The van der Waals surface area contributed by atoms with Gasteiger partial charge in [0, 0.05) is 66.1 Å². The normalized spacial score (nSPS) is 13.9. The van der Waals surface area contributed by atoms with Gasteiger partial charge in [0.1, 0.15) is 5.58 Å². The first-order chi connectivity index (χ1) is 29.2. The standard InChI is InChI=1S/C56H50BN3O/c1-54(2,3)33-23-26-37(27-24-33)59-46-31-35(56(7,8)9)30-40-41-32-45-48(38-19-13-15-21-43(38)58(45)36-17-11-10-12-18-36)49-42-29-34(55(4,5)6)25-28-44(42)60(52(41)49)57(50(40)46)51-39-20-14-16-22-47(39)61-53(51)59/h10-32H,1-9H3. The number of hydrogen-bond donors (Lipinski definition) is 0. The Morgan fingerprint density at radius 3 is 1.84 bits per heavy atom. The first kappa shape index (κ1) is 36.4. The maximum atomic E-state index is 7.16. The van der Waals surface area contributed by atoms with E-state index in [1.54, 1.807) is 0 Å². The molecule has 10 aromatic rings. The van der Waals surface area contributed by atoms with E-state index in [-0.39, 0.29) is 23.1 Å². The van der Waals surface area contributed by atoms with Crippen LogP contribution in [0.4, 0.5) is 17.3 Å². The Morgan fingerprint density at radius 2 is 1.11 bits per heavy atom. The third-order valence-corrected chi connectivity index (χ3v) is 13.8. The van der Waals surface area contributed by atoms with Gasteiger partial charge < -0.3 is 13.5 Å². The third-order valence-electron chi connectivity index (χ3n) is 13.8. The summed E-state index contributed by atoms with van der Waals surface area (Å²) in [5, 5.41) is 6.35. The number of rotatable bonds is 2. The summed E-state index contributed by atoms with van der Waals surface area (Å²) in [6.45, 7) is 20.7. The highest BCUT2D eigenvalue weighted by Gasteiger charge is 2.47. The highest BCUT2D eigenvalue weighted by Crippen LogP contribution is 2.52. The van der Waals surface area contributed by atoms with E-state index >= 15 is 0 Å². The molecule has 0 spiro atoms. The zero-order valence-electron chi connectivity index (χ0n) is 36.6. The van der Waals surface area contributed by atoms with Gasteiger partial charge in [-0.2, -0.15) is 0 Å². The molecule has 0 fully saturated rings. The minimum Gasteiger partial charge on any atom is -0.440 e. The maximum Gasteiger partial charge on any atom is 0.337 e. The van der Waals surface area contributed by atoms with Crippen LogP contribution in [0.3, 0.4) is 0 Å². The quantitative estimate of drug-likeness (QED) is 0.163. The van der Waals surface area contributed by atoms with Crippen molar-refractivity contribution in [2.75, 3.05) is 4.90 Å². The van der Waals surface area contributed by atoms with Gasteiger partial charge in [0.2, 0.25) is 5.88 Å². The molecule has 0 bridgehead atoms. The number of benzene rings is 7. The number of hydrogen-bond acceptors (Lipinski definition) is 2. The van der Waals surface area contributed by atoms with Crippen molar-refractivity contribution < 1.29 is 4.42 Å². The van der Waals surface area contributed by atoms with Crippen LogP contribution in [0.5, 0.6) is 0 Å². The minimum atomic E-state index is -0.129. The topological polar surface area (TPSA) is 26.2 Å². The highest BCUT2D eigenvalue weighted by atomic mass is 16.4. The van der Waals surface area contributed by atoms with Gasteiger partial charge in [0.05, 0.1) is 11.0 Å². The summed E-state index contributed by atoms with van der Waals surface area (Å²) in [6, 6.07) is 52.6. The lowest BCUT2D eigenvalue weighted by Gasteiger charge is -2.39. The van der Waals surface area contributed by atoms with Crippen molar-refractivity contribution in [3.05, 3.63) is 156 Å². The largest absolute Gasteiger partial charge is 0.440 e. The van der Waals surface area contributed by atoms with Crippen LogP contribution in [0.25, 0.3) is 71.4 Å². The first-order valence-electron chi connectivity index (χ1n) is 21.9. The number of fused-ring (bicyclic) bond motifs is 13. The van der Waals surface area contributed by atoms with Crippen LogP contribution in [0.2, 0.25) is 0 Å². The van der Waals surface area contributed by atoms with E-state index in [9.17, 15) is 0 Å². The monoisotopic (exact) mass is 791 g/mol. The maximum absolute atomic E-state index is 7.16. The predicted molar refractivity (Wildman–Crippen MR) is 260 cm³/mol. The second-order valence-electron chi connectivity index (χ2n) is 20.6. The number of aromatic nitrogens is 2. The van der Waals surface area contributed by atoms with Crippen molar-refractivity contribution in [1.82, 2.24) is 9.05 Å². The van der Waals surface area contributed by atoms with Gasteiger partial charge >= 0.3 is 6.85 Å². The molecular formula is C56H50BN3O. The molecule has 3 aromatic heterocycles. The summed E-state index contributed by atoms with van der Waals surface area (Å²) in [4.78, 5) is 2.43. The Morgan fingerprint density at radius 1 is 0.459 bits per heavy atom. The molecule has 0 N–H and O–H groups in total. The third kappa shape index (κ3) is 5.01. The summed E-state index contributed by atoms with van der Waals surface area (Å²) in [7, 11) is 0. The second kappa shape index (κ2) is 12.1. The van der Waals surface area contributed by atoms with E-state index in [0.29, 0.717) is 0 Å². The Bertz CT molecular complexity index is 3470. The lowest BCUT2D eigenvalue weighted by Crippen LogP contribution is -2.56. The van der Waals surface area contributed by atoms with Crippen LogP contribution in [0, 0.1) is 0 Å². The summed E-state index contributed by atoms with van der Waals surface area (Å²) >= 11 is 0. The number of anilines is 3. The van der Waals surface area contributed by atoms with Crippen LogP contribution in [0.15, 0.2) is 144 Å². The molecular weight excluding hydrogens is 741 g/mol. The molecule has 0 amide bonds. The van der Waals surface area contributed by atoms with E-state index in [2.05, 4.69) is 216 Å². The Kier molecular flexibility index (Phi) is 7.22. The number of para-hydroxylation sites is 3. The van der Waals surface area contributed by atoms with Gasteiger partial charge in [-0.3, -0.25) is 4.90 Å². The fourth-order valence-electron chi connectivity index (χ4n) is 10.6. The Balaban J connectivity index is 1.31. The van der Waals surface area contributed by atoms with Crippen molar-refractivity contribution in [2.45, 2.75) is 78.6 Å². The Labute approximate surface area is 358 Å². The molecule has 298 valence electrons. The molecule has 4 nitrogen and oxygen atoms in total. The highest BCUT2D eigenvalue weighted by molar-refractivity contribution is 6.91. The van der Waals surface area contributed by atoms with Crippen molar-refractivity contribution in [1.29, 1.82) is 0 Å². The lowest BCUT2D eigenvalue weighted by molar-refractivity contribution is 0.589. The summed E-state index contributed by atoms with van der Waals surface area (Å²) < 4.78 is 12.4. The zero-order valence-corrected chi connectivity index (χ0v) is 36.6. The average molecular weight is 792 g/mol. The van der Waals surface area contributed by atoms with Crippen LogP contribution < -0.4 is 15.8 Å². The molecule has 0 radical (unpaired) electrons. The molecule has 0 saturated heterocycles. The average Bonchev–Trinajstić information content (AvgIpc) is 3.89. The SMILES string of the molecule is CC(C)(C)c1ccc(N2c3cc(C(C)(C)C)cc4c3B(c3c2oc2ccccc32)n2c3ccc(C(C)(C)C)cc3c3c5c6ccccc6n(-c6ccccc6)c5cc-4c32)cc1. The predicted octanol–water partition coefficient (Wildman–Crippen LogP) is 13.9. The smallest absolute Gasteiger partial charge is 0.337 e. The number of furan rings is 1. The fraction of sp³-hybridized carbons (Fsp3) is 0.214. The van der Waals surface area contributed by atoms with E-state index in [0.717, 1.165) is 28.2 Å². The molecule has 5 heteroatoms. The fourth-order valence-corrected chi connectivity index (χ4v) is 10.6. The molecule has 5 heterocycles. The van der Waals surface area contributed by atoms with Gasteiger partial charge in [0.15, 0.2) is 0 Å². The second-order valence-corrected chi connectivity index (χ2v) is 20.6. The molecule has 2 aliphatic rings. The molecule has 2 aliphatic heterocycles. The molecule has 0 unspecified atom stereocenters. The molecule has 0 aliphatic carbocycles. The van der Waals surface area contributed by atoms with Crippen molar-refractivity contribution in [2.24, 2.45) is 0 Å². The molecule has 12 rings (SSSR count). The van der Waals surface area contributed by atoms with Crippen molar-refractivity contribution in [3.63, 3.8) is 0 Å². The molecule has 0 saturated carbocycles. The zero-order chi connectivity index (χ0) is 41.9. The van der Waals surface area contributed by atoms with E-state index in [1.807, 2.05) is 0 Å². The summed E-state index contributed by atoms with van der Waals surface area (Å²) in [5.74, 6) is 0.894. The van der Waals surface area contributed by atoms with E-state index in [4.69, 9.17) is 4.42 Å². The van der Waals surface area contributed by atoms with E-state index < -0.39 is 0 Å². The minimum absolute atomic E-state index is 0.0306. The van der Waals surface area contributed by atoms with E-state index in [1.165, 1.54) is 88.0 Å². The van der Waals surface area contributed by atoms with Gasteiger partial charge in [-0.05, 0) is 105 Å². The van der Waals surface area contributed by atoms with Gasteiger partial charge in [-0.1, -0.05) is 141 Å². The van der Waals surface area contributed by atoms with Gasteiger partial charge in [0.25, 0.3) is 0 Å². The van der Waals surface area contributed by atoms with Crippen molar-refractivity contribution >= 4 is 89.6 Å². The van der Waals surface area contributed by atoms with Crippen LogP contribution in [0.1, 0.15) is 79.0 Å². The summed E-state index contributed by atoms with van der Waals surface area (Å²) in [5.41, 5.74) is 18.2. The molecule has 61 heavy (non-hydrogen) atoms. The van der Waals surface area contributed by atoms with Crippen LogP contribution in [-0.2, 0) is 16.2 Å². The summed E-state index contributed by atoms with van der Waals surface area (Å²) in [6.07, 6.45) is 0. The Hall–Kier alpha value is -6.46. The van der Waals surface area contributed by atoms with Gasteiger partial charge in [-0.25, -0.2) is 0 Å². The van der Waals surface area contributed by atoms with Gasteiger partial charge in [-0.15, -0.1) is 0 Å². The molecule has 7 aromatic carbocycles. The lowest BCUT2D eigenvalue weighted by atomic mass is 9.45.